The molecule has 0 aromatic heterocycles. The van der Waals surface area contributed by atoms with Crippen LogP contribution in [0.5, 0.6) is 0 Å². The first-order valence-corrected chi connectivity index (χ1v) is 4.94. The molecular formula is C10H20O2. The molecule has 72 valence electrons. The van der Waals surface area contributed by atoms with Crippen LogP contribution in [0.1, 0.15) is 33.1 Å². The molecule has 0 radical (unpaired) electrons. The van der Waals surface area contributed by atoms with Crippen LogP contribution >= 0.6 is 0 Å². The molecule has 2 N–H and O–H groups in total. The minimum Gasteiger partial charge on any atom is -0.396 e. The van der Waals surface area contributed by atoms with Gasteiger partial charge in [0.1, 0.15) is 0 Å². The van der Waals surface area contributed by atoms with Gasteiger partial charge in [0.15, 0.2) is 0 Å². The monoisotopic (exact) mass is 172 g/mol. The third kappa shape index (κ3) is 2.20. The van der Waals surface area contributed by atoms with Crippen LogP contribution in [0.4, 0.5) is 0 Å². The molecule has 1 fully saturated rings. The molecule has 4 atom stereocenters. The Labute approximate surface area is 74.6 Å². The molecule has 0 amide bonds. The van der Waals surface area contributed by atoms with Crippen LogP contribution in [0.15, 0.2) is 0 Å². The van der Waals surface area contributed by atoms with Gasteiger partial charge in [-0.1, -0.05) is 13.8 Å². The highest BCUT2D eigenvalue weighted by atomic mass is 16.3. The van der Waals surface area contributed by atoms with Crippen LogP contribution in [0.25, 0.3) is 0 Å². The molecule has 1 aliphatic rings. The lowest BCUT2D eigenvalue weighted by Gasteiger charge is -2.33. The highest BCUT2D eigenvalue weighted by molar-refractivity contribution is 4.79. The Morgan fingerprint density at radius 2 is 2.08 bits per heavy atom. The fourth-order valence-electron chi connectivity index (χ4n) is 2.00. The zero-order chi connectivity index (χ0) is 9.14. The van der Waals surface area contributed by atoms with Gasteiger partial charge in [0.2, 0.25) is 0 Å². The lowest BCUT2D eigenvalue weighted by Crippen LogP contribution is -2.31. The Morgan fingerprint density at radius 1 is 1.42 bits per heavy atom. The predicted octanol–water partition coefficient (Wildman–Crippen LogP) is 1.41. The van der Waals surface area contributed by atoms with Gasteiger partial charge in [0, 0.05) is 6.61 Å². The van der Waals surface area contributed by atoms with E-state index in [4.69, 9.17) is 5.11 Å². The average Bonchev–Trinajstić information content (AvgIpc) is 2.08. The molecule has 2 heteroatoms. The normalized spacial score (nSPS) is 39.5. The molecule has 0 aliphatic heterocycles. The van der Waals surface area contributed by atoms with E-state index in [9.17, 15) is 5.11 Å². The summed E-state index contributed by atoms with van der Waals surface area (Å²) in [7, 11) is 0. The Kier molecular flexibility index (Phi) is 3.53. The van der Waals surface area contributed by atoms with Gasteiger partial charge < -0.3 is 10.2 Å². The van der Waals surface area contributed by atoms with Crippen molar-refractivity contribution >= 4 is 0 Å². The molecule has 0 unspecified atom stereocenters. The van der Waals surface area contributed by atoms with Gasteiger partial charge in [0.05, 0.1) is 6.10 Å². The van der Waals surface area contributed by atoms with Gasteiger partial charge in [-0.2, -0.15) is 0 Å². The van der Waals surface area contributed by atoms with Crippen molar-refractivity contribution in [2.75, 3.05) is 6.61 Å². The van der Waals surface area contributed by atoms with Crippen molar-refractivity contribution in [1.82, 2.24) is 0 Å². The summed E-state index contributed by atoms with van der Waals surface area (Å²) in [5.41, 5.74) is 0. The highest BCUT2D eigenvalue weighted by Gasteiger charge is 2.28. The molecule has 0 bridgehead atoms. The lowest BCUT2D eigenvalue weighted by molar-refractivity contribution is 0.0288. The minimum atomic E-state index is -0.141. The fourth-order valence-corrected chi connectivity index (χ4v) is 2.00. The van der Waals surface area contributed by atoms with Crippen molar-refractivity contribution in [3.8, 4) is 0 Å². The summed E-state index contributed by atoms with van der Waals surface area (Å²) in [5, 5.41) is 18.6. The second-order valence-corrected chi connectivity index (χ2v) is 4.28. The van der Waals surface area contributed by atoms with Crippen molar-refractivity contribution in [2.45, 2.75) is 39.2 Å². The summed E-state index contributed by atoms with van der Waals surface area (Å²) in [6.07, 6.45) is 3.01. The van der Waals surface area contributed by atoms with Gasteiger partial charge in [-0.25, -0.2) is 0 Å². The largest absolute Gasteiger partial charge is 0.396 e. The van der Waals surface area contributed by atoms with E-state index < -0.39 is 0 Å². The molecule has 0 spiro atoms. The molecule has 1 aliphatic carbocycles. The first-order chi connectivity index (χ1) is 5.65. The van der Waals surface area contributed by atoms with E-state index in [2.05, 4.69) is 13.8 Å². The maximum absolute atomic E-state index is 9.61. The third-order valence-corrected chi connectivity index (χ3v) is 3.29. The third-order valence-electron chi connectivity index (χ3n) is 3.29. The number of aliphatic hydroxyl groups excluding tert-OH is 2. The van der Waals surface area contributed by atoms with E-state index in [0.717, 1.165) is 12.8 Å². The molecular weight excluding hydrogens is 152 g/mol. The summed E-state index contributed by atoms with van der Waals surface area (Å²) >= 11 is 0. The zero-order valence-corrected chi connectivity index (χ0v) is 8.03. The van der Waals surface area contributed by atoms with Gasteiger partial charge in [-0.05, 0) is 37.0 Å². The quantitative estimate of drug-likeness (QED) is 0.661. The lowest BCUT2D eigenvalue weighted by atomic mass is 9.75. The van der Waals surface area contributed by atoms with E-state index in [1.54, 1.807) is 0 Å². The fraction of sp³-hybridized carbons (Fsp3) is 1.00. The van der Waals surface area contributed by atoms with Crippen molar-refractivity contribution in [3.63, 3.8) is 0 Å². The number of aliphatic hydroxyl groups is 2. The molecule has 0 heterocycles. The maximum atomic E-state index is 9.61. The number of hydrogen-bond donors (Lipinski definition) is 2. The van der Waals surface area contributed by atoms with Gasteiger partial charge >= 0.3 is 0 Å². The van der Waals surface area contributed by atoms with Crippen LogP contribution in [0.2, 0.25) is 0 Å². The van der Waals surface area contributed by atoms with Crippen LogP contribution in [-0.4, -0.2) is 22.9 Å². The summed E-state index contributed by atoms with van der Waals surface area (Å²) in [5.74, 6) is 1.33. The topological polar surface area (TPSA) is 40.5 Å². The van der Waals surface area contributed by atoms with Crippen molar-refractivity contribution in [3.05, 3.63) is 0 Å². The first kappa shape index (κ1) is 10.0. The molecule has 2 nitrogen and oxygen atoms in total. The molecule has 0 aromatic carbocycles. The van der Waals surface area contributed by atoms with E-state index in [-0.39, 0.29) is 12.7 Å². The van der Waals surface area contributed by atoms with Crippen molar-refractivity contribution < 1.29 is 10.2 Å². The van der Waals surface area contributed by atoms with E-state index >= 15 is 0 Å². The zero-order valence-electron chi connectivity index (χ0n) is 8.03. The Bertz CT molecular complexity index is 136. The van der Waals surface area contributed by atoms with Crippen molar-refractivity contribution in [2.24, 2.45) is 17.8 Å². The maximum Gasteiger partial charge on any atom is 0.0568 e. The van der Waals surface area contributed by atoms with Gasteiger partial charge in [-0.3, -0.25) is 0 Å². The average molecular weight is 172 g/mol. The molecule has 1 rings (SSSR count). The van der Waals surface area contributed by atoms with Gasteiger partial charge in [0.25, 0.3) is 0 Å². The predicted molar refractivity (Wildman–Crippen MR) is 48.8 cm³/mol. The van der Waals surface area contributed by atoms with Crippen LogP contribution in [-0.2, 0) is 0 Å². The minimum absolute atomic E-state index is 0.141. The van der Waals surface area contributed by atoms with E-state index in [1.807, 2.05) is 0 Å². The highest BCUT2D eigenvalue weighted by Crippen LogP contribution is 2.33. The molecule has 0 aromatic rings. The first-order valence-electron chi connectivity index (χ1n) is 4.94. The number of rotatable bonds is 2. The second kappa shape index (κ2) is 4.24. The molecule has 12 heavy (non-hydrogen) atoms. The summed E-state index contributed by atoms with van der Waals surface area (Å²) < 4.78 is 0. The van der Waals surface area contributed by atoms with Crippen molar-refractivity contribution in [1.29, 1.82) is 0 Å². The number of hydrogen-bond acceptors (Lipinski definition) is 2. The second-order valence-electron chi connectivity index (χ2n) is 4.28. The summed E-state index contributed by atoms with van der Waals surface area (Å²) in [6, 6.07) is 0. The summed E-state index contributed by atoms with van der Waals surface area (Å²) in [6.45, 7) is 4.42. The van der Waals surface area contributed by atoms with Gasteiger partial charge in [-0.15, -0.1) is 0 Å². The van der Waals surface area contributed by atoms with Crippen LogP contribution in [0, 0.1) is 17.8 Å². The Balaban J connectivity index is 2.39. The molecule has 1 saturated carbocycles. The summed E-state index contributed by atoms with van der Waals surface area (Å²) in [4.78, 5) is 0. The Hall–Kier alpha value is -0.0800. The smallest absolute Gasteiger partial charge is 0.0568 e. The standard InChI is InChI=1S/C10H20O2/c1-7-3-4-9(5-10(7)12)8(2)6-11/h7-12H,3-6H2,1-2H3/t7-,8+,9+,10-/m0/s1. The van der Waals surface area contributed by atoms with E-state index in [1.165, 1.54) is 6.42 Å². The van der Waals surface area contributed by atoms with Crippen LogP contribution < -0.4 is 0 Å². The van der Waals surface area contributed by atoms with Crippen LogP contribution in [0.3, 0.4) is 0 Å². The SMILES string of the molecule is C[C@H](CO)[C@@H]1CC[C@H](C)[C@@H](O)C1. The van der Waals surface area contributed by atoms with E-state index in [0.29, 0.717) is 17.8 Å². The Morgan fingerprint density at radius 3 is 2.58 bits per heavy atom. The molecule has 0 saturated heterocycles.